The van der Waals surface area contributed by atoms with Crippen molar-refractivity contribution in [1.29, 1.82) is 0 Å². The molecule has 76 valence electrons. The first-order chi connectivity index (χ1) is 6.72. The van der Waals surface area contributed by atoms with Crippen molar-refractivity contribution in [3.8, 4) is 0 Å². The van der Waals surface area contributed by atoms with Crippen molar-refractivity contribution in [1.82, 2.24) is 4.98 Å². The van der Waals surface area contributed by atoms with E-state index in [0.29, 0.717) is 36.8 Å². The van der Waals surface area contributed by atoms with E-state index in [2.05, 4.69) is 4.98 Å². The third-order valence-electron chi connectivity index (χ3n) is 2.58. The largest absolute Gasteiger partial charge is 0.385 e. The van der Waals surface area contributed by atoms with Gasteiger partial charge >= 0.3 is 0 Å². The predicted molar refractivity (Wildman–Crippen MR) is 53.2 cm³/mol. The first-order valence-corrected chi connectivity index (χ1v) is 5.01. The fourth-order valence-corrected chi connectivity index (χ4v) is 2.01. The van der Waals surface area contributed by atoms with Crippen LogP contribution in [0.1, 0.15) is 18.4 Å². The zero-order valence-corrected chi connectivity index (χ0v) is 8.50. The van der Waals surface area contributed by atoms with E-state index >= 15 is 0 Å². The highest BCUT2D eigenvalue weighted by molar-refractivity contribution is 6.30. The van der Waals surface area contributed by atoms with E-state index in [4.69, 9.17) is 16.3 Å². The SMILES string of the molecule is OC1(c2cccnc2Cl)CCOCC1. The van der Waals surface area contributed by atoms with Gasteiger partial charge in [0.2, 0.25) is 0 Å². The van der Waals surface area contributed by atoms with Crippen LogP contribution in [0.15, 0.2) is 18.3 Å². The van der Waals surface area contributed by atoms with Gasteiger partial charge in [-0.25, -0.2) is 4.98 Å². The Morgan fingerprint density at radius 2 is 2.14 bits per heavy atom. The summed E-state index contributed by atoms with van der Waals surface area (Å²) in [5, 5.41) is 10.7. The fourth-order valence-electron chi connectivity index (χ4n) is 1.71. The number of halogens is 1. The average molecular weight is 214 g/mol. The lowest BCUT2D eigenvalue weighted by atomic mass is 9.87. The molecule has 0 amide bonds. The summed E-state index contributed by atoms with van der Waals surface area (Å²) in [4.78, 5) is 3.96. The minimum absolute atomic E-state index is 0.386. The average Bonchev–Trinajstić information content (AvgIpc) is 2.19. The maximum absolute atomic E-state index is 10.3. The van der Waals surface area contributed by atoms with Crippen LogP contribution >= 0.6 is 11.6 Å². The van der Waals surface area contributed by atoms with Gasteiger partial charge in [-0.3, -0.25) is 0 Å². The normalized spacial score (nSPS) is 20.7. The Morgan fingerprint density at radius 1 is 1.43 bits per heavy atom. The molecule has 0 spiro atoms. The number of rotatable bonds is 1. The molecule has 1 aliphatic rings. The van der Waals surface area contributed by atoms with Gasteiger partial charge in [0.05, 0.1) is 5.60 Å². The molecule has 0 aliphatic carbocycles. The van der Waals surface area contributed by atoms with E-state index in [1.165, 1.54) is 0 Å². The van der Waals surface area contributed by atoms with Crippen LogP contribution in [0, 0.1) is 0 Å². The molecule has 0 atom stereocenters. The number of hydrogen-bond donors (Lipinski definition) is 1. The molecule has 14 heavy (non-hydrogen) atoms. The summed E-state index contributed by atoms with van der Waals surface area (Å²) in [6, 6.07) is 3.61. The topological polar surface area (TPSA) is 42.4 Å². The third-order valence-corrected chi connectivity index (χ3v) is 2.88. The lowest BCUT2D eigenvalue weighted by Crippen LogP contribution is -2.33. The van der Waals surface area contributed by atoms with Crippen LogP contribution in [0.3, 0.4) is 0 Å². The Balaban J connectivity index is 2.32. The molecular formula is C10H12ClNO2. The molecule has 0 unspecified atom stereocenters. The highest BCUT2D eigenvalue weighted by atomic mass is 35.5. The van der Waals surface area contributed by atoms with Crippen LogP contribution in [0.25, 0.3) is 0 Å². The van der Waals surface area contributed by atoms with E-state index < -0.39 is 5.60 Å². The molecular weight excluding hydrogens is 202 g/mol. The number of nitrogens with zero attached hydrogens (tertiary/aromatic N) is 1. The lowest BCUT2D eigenvalue weighted by Gasteiger charge is -2.32. The Kier molecular flexibility index (Phi) is 2.72. The summed E-state index contributed by atoms with van der Waals surface area (Å²) in [5.74, 6) is 0. The summed E-state index contributed by atoms with van der Waals surface area (Å²) in [5.41, 5.74) is -0.145. The summed E-state index contributed by atoms with van der Waals surface area (Å²) < 4.78 is 5.20. The van der Waals surface area contributed by atoms with Gasteiger partial charge < -0.3 is 9.84 Å². The van der Waals surface area contributed by atoms with Gasteiger partial charge in [-0.1, -0.05) is 17.7 Å². The molecule has 1 N–H and O–H groups in total. The van der Waals surface area contributed by atoms with Gasteiger partial charge in [-0.05, 0) is 6.07 Å². The van der Waals surface area contributed by atoms with E-state index in [-0.39, 0.29) is 0 Å². The fraction of sp³-hybridized carbons (Fsp3) is 0.500. The monoisotopic (exact) mass is 213 g/mol. The van der Waals surface area contributed by atoms with Crippen LogP contribution < -0.4 is 0 Å². The van der Waals surface area contributed by atoms with Crippen LogP contribution in [0.5, 0.6) is 0 Å². The second kappa shape index (κ2) is 3.85. The maximum atomic E-state index is 10.3. The first-order valence-electron chi connectivity index (χ1n) is 4.63. The molecule has 3 nitrogen and oxygen atoms in total. The van der Waals surface area contributed by atoms with E-state index in [9.17, 15) is 5.11 Å². The Bertz CT molecular complexity index is 324. The molecule has 2 heterocycles. The number of ether oxygens (including phenoxy) is 1. The number of hydrogen-bond acceptors (Lipinski definition) is 3. The Morgan fingerprint density at radius 3 is 2.79 bits per heavy atom. The maximum Gasteiger partial charge on any atom is 0.135 e. The molecule has 0 bridgehead atoms. The quantitative estimate of drug-likeness (QED) is 0.723. The molecule has 0 saturated carbocycles. The van der Waals surface area contributed by atoms with Gasteiger partial charge in [0.15, 0.2) is 0 Å². The smallest absolute Gasteiger partial charge is 0.135 e. The highest BCUT2D eigenvalue weighted by Crippen LogP contribution is 2.34. The van der Waals surface area contributed by atoms with Gasteiger partial charge in [0, 0.05) is 37.8 Å². The van der Waals surface area contributed by atoms with Gasteiger partial charge in [0.1, 0.15) is 5.15 Å². The molecule has 1 fully saturated rings. The van der Waals surface area contributed by atoms with Crippen molar-refractivity contribution < 1.29 is 9.84 Å². The van der Waals surface area contributed by atoms with Crippen LogP contribution in [-0.2, 0) is 10.3 Å². The van der Waals surface area contributed by atoms with Gasteiger partial charge in [0.25, 0.3) is 0 Å². The van der Waals surface area contributed by atoms with Crippen molar-refractivity contribution in [2.75, 3.05) is 13.2 Å². The molecule has 0 aromatic carbocycles. The predicted octanol–water partition coefficient (Wildman–Crippen LogP) is 1.73. The van der Waals surface area contributed by atoms with Crippen molar-refractivity contribution in [2.45, 2.75) is 18.4 Å². The van der Waals surface area contributed by atoms with Crippen LogP contribution in [-0.4, -0.2) is 23.3 Å². The molecule has 1 aromatic rings. The van der Waals surface area contributed by atoms with E-state index in [1.54, 1.807) is 12.3 Å². The minimum Gasteiger partial charge on any atom is -0.385 e. The van der Waals surface area contributed by atoms with Crippen LogP contribution in [0.4, 0.5) is 0 Å². The lowest BCUT2D eigenvalue weighted by molar-refractivity contribution is -0.0680. The summed E-state index contributed by atoms with van der Waals surface area (Å²) >= 11 is 5.94. The summed E-state index contributed by atoms with van der Waals surface area (Å²) in [6.45, 7) is 1.14. The Labute approximate surface area is 87.7 Å². The second-order valence-electron chi connectivity index (χ2n) is 3.49. The van der Waals surface area contributed by atoms with Crippen molar-refractivity contribution in [2.24, 2.45) is 0 Å². The zero-order valence-electron chi connectivity index (χ0n) is 7.74. The Hall–Kier alpha value is -0.640. The van der Waals surface area contributed by atoms with E-state index in [1.807, 2.05) is 6.07 Å². The van der Waals surface area contributed by atoms with Crippen LogP contribution in [0.2, 0.25) is 5.15 Å². The molecule has 1 saturated heterocycles. The number of aromatic nitrogens is 1. The molecule has 1 aromatic heterocycles. The summed E-state index contributed by atoms with van der Waals surface area (Å²) in [7, 11) is 0. The van der Waals surface area contributed by atoms with E-state index in [0.717, 1.165) is 0 Å². The van der Waals surface area contributed by atoms with Gasteiger partial charge in [-0.15, -0.1) is 0 Å². The minimum atomic E-state index is -0.858. The summed E-state index contributed by atoms with van der Waals surface area (Å²) in [6.07, 6.45) is 2.78. The number of pyridine rings is 1. The first kappa shape index (κ1) is 9.90. The van der Waals surface area contributed by atoms with Gasteiger partial charge in [-0.2, -0.15) is 0 Å². The van der Waals surface area contributed by atoms with Crippen molar-refractivity contribution in [3.05, 3.63) is 29.0 Å². The molecule has 0 radical (unpaired) electrons. The highest BCUT2D eigenvalue weighted by Gasteiger charge is 2.33. The van der Waals surface area contributed by atoms with Crippen molar-refractivity contribution >= 4 is 11.6 Å². The molecule has 4 heteroatoms. The second-order valence-corrected chi connectivity index (χ2v) is 3.84. The van der Waals surface area contributed by atoms with Crippen molar-refractivity contribution in [3.63, 3.8) is 0 Å². The standard InChI is InChI=1S/C10H12ClNO2/c11-9-8(2-1-5-12-9)10(13)3-6-14-7-4-10/h1-2,5,13H,3-4,6-7H2. The zero-order chi connectivity index (χ0) is 10.0. The molecule has 1 aliphatic heterocycles. The third kappa shape index (κ3) is 1.75. The molecule has 2 rings (SSSR count). The number of aliphatic hydroxyl groups is 1.